The second-order valence-corrected chi connectivity index (χ2v) is 8.21. The van der Waals surface area contributed by atoms with Crippen molar-refractivity contribution >= 4 is 43.8 Å². The van der Waals surface area contributed by atoms with E-state index in [0.29, 0.717) is 5.01 Å². The Labute approximate surface area is 173 Å². The van der Waals surface area contributed by atoms with Crippen LogP contribution in [0.5, 0.6) is 5.75 Å². The number of carbonyl (C=O) groups is 2. The molecule has 0 fully saturated rings. The molecular formula is C20H12N2O8S. The van der Waals surface area contributed by atoms with Crippen LogP contribution in [0, 0.1) is 0 Å². The third-order valence-electron chi connectivity index (χ3n) is 4.88. The summed E-state index contributed by atoms with van der Waals surface area (Å²) in [5, 5.41) is 0.554. The molecule has 5 rings (SSSR count). The van der Waals surface area contributed by atoms with Crippen LogP contribution in [-0.2, 0) is 10.0 Å². The number of amides is 2. The predicted octanol–water partition coefficient (Wildman–Crippen LogP) is 2.04. The number of hydrogen-bond acceptors (Lipinski definition) is 8. The highest BCUT2D eigenvalue weighted by atomic mass is 32.2. The normalized spacial score (nSPS) is 13.9. The molecular weight excluding hydrogens is 428 g/mol. The van der Waals surface area contributed by atoms with Crippen LogP contribution in [0.2, 0.25) is 0 Å². The zero-order chi connectivity index (χ0) is 21.9. The minimum Gasteiger partial charge on any atom is -0.490 e. The smallest absolute Gasteiger partial charge is 0.336 e. The van der Waals surface area contributed by atoms with Gasteiger partial charge >= 0.3 is 5.63 Å². The molecule has 4 aromatic rings. The lowest BCUT2D eigenvalue weighted by Crippen LogP contribution is -2.45. The van der Waals surface area contributed by atoms with Crippen LogP contribution in [0.25, 0.3) is 21.9 Å². The van der Waals surface area contributed by atoms with Crippen molar-refractivity contribution in [3.05, 3.63) is 70.3 Å². The van der Waals surface area contributed by atoms with Crippen molar-refractivity contribution in [3.63, 3.8) is 0 Å². The van der Waals surface area contributed by atoms with Gasteiger partial charge in [-0.1, -0.05) is 12.1 Å². The van der Waals surface area contributed by atoms with Gasteiger partial charge in [-0.05, 0) is 24.3 Å². The molecule has 0 bridgehead atoms. The first-order valence-electron chi connectivity index (χ1n) is 8.85. The number of nitrogens with one attached hydrogen (secondary N) is 1. The highest BCUT2D eigenvalue weighted by Crippen LogP contribution is 2.40. The van der Waals surface area contributed by atoms with Crippen molar-refractivity contribution < 1.29 is 31.6 Å². The van der Waals surface area contributed by atoms with E-state index in [2.05, 4.69) is 0 Å². The fourth-order valence-electron chi connectivity index (χ4n) is 3.59. The van der Waals surface area contributed by atoms with Crippen LogP contribution >= 0.6 is 0 Å². The number of hydrazine groups is 1. The van der Waals surface area contributed by atoms with Gasteiger partial charge in [-0.25, -0.2) is 13.2 Å². The number of nitrogens with zero attached hydrogens (tertiary/aromatic N) is 1. The molecule has 156 valence electrons. The lowest BCUT2D eigenvalue weighted by Gasteiger charge is -2.17. The van der Waals surface area contributed by atoms with E-state index in [1.165, 1.54) is 37.6 Å². The van der Waals surface area contributed by atoms with Gasteiger partial charge in [-0.2, -0.15) is 5.01 Å². The van der Waals surface area contributed by atoms with Gasteiger partial charge in [0.05, 0.1) is 24.5 Å². The summed E-state index contributed by atoms with van der Waals surface area (Å²) in [7, 11) is -3.22. The molecule has 0 unspecified atom stereocenters. The summed E-state index contributed by atoms with van der Waals surface area (Å²) in [6.45, 7) is 0. The summed E-state index contributed by atoms with van der Waals surface area (Å²) in [4.78, 5) is 38.7. The molecule has 0 aliphatic carbocycles. The second-order valence-electron chi connectivity index (χ2n) is 6.61. The summed E-state index contributed by atoms with van der Waals surface area (Å²) < 4.78 is 42.6. The number of rotatable bonds is 4. The summed E-state index contributed by atoms with van der Waals surface area (Å²) in [5.74, 6) is -1.58. The van der Waals surface area contributed by atoms with E-state index in [4.69, 9.17) is 13.6 Å². The van der Waals surface area contributed by atoms with Crippen molar-refractivity contribution in [3.8, 4) is 5.75 Å². The van der Waals surface area contributed by atoms with E-state index in [9.17, 15) is 22.8 Å². The first-order valence-corrected chi connectivity index (χ1v) is 10.3. The Kier molecular flexibility index (Phi) is 4.00. The lowest BCUT2D eigenvalue weighted by atomic mass is 10.1. The summed E-state index contributed by atoms with van der Waals surface area (Å²) in [6.07, 6.45) is 1.24. The first kappa shape index (κ1) is 19.0. The van der Waals surface area contributed by atoms with Gasteiger partial charge in [0.1, 0.15) is 4.90 Å². The molecule has 0 saturated heterocycles. The third kappa shape index (κ3) is 2.67. The van der Waals surface area contributed by atoms with Crippen molar-refractivity contribution in [2.24, 2.45) is 0 Å². The number of fused-ring (bicyclic) bond motifs is 3. The Morgan fingerprint density at radius 1 is 0.903 bits per heavy atom. The van der Waals surface area contributed by atoms with Gasteiger partial charge in [0.2, 0.25) is 5.75 Å². The molecule has 1 aliphatic rings. The standard InChI is InChI=1S/C20H12N2O8S/c1-28-17-15-13(8-9-29-15)18(12-6-7-14(23)30-16(12)17)31(26,27)21-22-19(24)10-4-2-3-5-11(10)20(22)25/h2-9,21H,1H3. The molecule has 0 spiro atoms. The van der Waals surface area contributed by atoms with E-state index >= 15 is 0 Å². The molecule has 0 atom stereocenters. The average molecular weight is 440 g/mol. The largest absolute Gasteiger partial charge is 0.490 e. The van der Waals surface area contributed by atoms with Crippen molar-refractivity contribution in [1.82, 2.24) is 9.84 Å². The van der Waals surface area contributed by atoms with Crippen LogP contribution in [0.1, 0.15) is 20.7 Å². The molecule has 1 aliphatic heterocycles. The van der Waals surface area contributed by atoms with Gasteiger partial charge in [0, 0.05) is 16.8 Å². The van der Waals surface area contributed by atoms with E-state index in [1.54, 1.807) is 12.1 Å². The highest BCUT2D eigenvalue weighted by Gasteiger charge is 2.39. The molecule has 1 N–H and O–H groups in total. The maximum Gasteiger partial charge on any atom is 0.336 e. The molecule has 0 saturated carbocycles. The molecule has 2 aromatic carbocycles. The lowest BCUT2D eigenvalue weighted by molar-refractivity contribution is 0.0618. The fourth-order valence-corrected chi connectivity index (χ4v) is 4.99. The average Bonchev–Trinajstić information content (AvgIpc) is 3.31. The van der Waals surface area contributed by atoms with Crippen LogP contribution in [0.4, 0.5) is 0 Å². The van der Waals surface area contributed by atoms with Gasteiger partial charge in [0.25, 0.3) is 21.8 Å². The van der Waals surface area contributed by atoms with Crippen LogP contribution < -0.4 is 15.2 Å². The second kappa shape index (κ2) is 6.52. The van der Waals surface area contributed by atoms with Gasteiger partial charge < -0.3 is 13.6 Å². The highest BCUT2D eigenvalue weighted by molar-refractivity contribution is 7.90. The number of ether oxygens (including phenoxy) is 1. The van der Waals surface area contributed by atoms with Crippen molar-refractivity contribution in [2.75, 3.05) is 7.11 Å². The molecule has 10 nitrogen and oxygen atoms in total. The summed E-state index contributed by atoms with van der Waals surface area (Å²) in [5.41, 5.74) is -0.705. The molecule has 2 aromatic heterocycles. The Balaban J connectivity index is 1.72. The maximum atomic E-state index is 13.4. The number of hydrogen-bond donors (Lipinski definition) is 1. The maximum absolute atomic E-state index is 13.4. The number of benzene rings is 2. The van der Waals surface area contributed by atoms with E-state index in [1.807, 2.05) is 4.83 Å². The fraction of sp³-hybridized carbons (Fsp3) is 0.0500. The van der Waals surface area contributed by atoms with Gasteiger partial charge in [0.15, 0.2) is 11.2 Å². The van der Waals surface area contributed by atoms with Crippen LogP contribution in [0.3, 0.4) is 0 Å². The van der Waals surface area contributed by atoms with E-state index < -0.39 is 27.5 Å². The Hall–Kier alpha value is -3.96. The topological polar surface area (TPSA) is 136 Å². The zero-order valence-electron chi connectivity index (χ0n) is 15.7. The third-order valence-corrected chi connectivity index (χ3v) is 6.28. The molecule has 3 heterocycles. The van der Waals surface area contributed by atoms with Crippen molar-refractivity contribution in [2.45, 2.75) is 4.90 Å². The van der Waals surface area contributed by atoms with Crippen LogP contribution in [0.15, 0.2) is 67.3 Å². The van der Waals surface area contributed by atoms with E-state index in [0.717, 1.165) is 6.07 Å². The number of methoxy groups -OCH3 is 1. The Morgan fingerprint density at radius 3 is 2.19 bits per heavy atom. The van der Waals surface area contributed by atoms with E-state index in [-0.39, 0.29) is 43.7 Å². The molecule has 2 amide bonds. The number of sulfonamides is 1. The van der Waals surface area contributed by atoms with Crippen molar-refractivity contribution in [1.29, 1.82) is 0 Å². The van der Waals surface area contributed by atoms with Crippen LogP contribution in [-0.4, -0.2) is 32.4 Å². The monoisotopic (exact) mass is 440 g/mol. The SMILES string of the molecule is COc1c2occc2c(S(=O)(=O)NN2C(=O)c3ccccc3C2=O)c2ccc(=O)oc12. The molecule has 31 heavy (non-hydrogen) atoms. The molecule has 0 radical (unpaired) electrons. The zero-order valence-corrected chi connectivity index (χ0v) is 16.6. The summed E-state index contributed by atoms with van der Waals surface area (Å²) >= 11 is 0. The number of furan rings is 1. The van der Waals surface area contributed by atoms with Gasteiger partial charge in [-0.15, -0.1) is 4.83 Å². The predicted molar refractivity (Wildman–Crippen MR) is 106 cm³/mol. The van der Waals surface area contributed by atoms with Gasteiger partial charge in [-0.3, -0.25) is 9.59 Å². The first-order chi connectivity index (χ1) is 14.8. The number of imide groups is 1. The summed E-state index contributed by atoms with van der Waals surface area (Å²) in [6, 6.07) is 9.68. The quantitative estimate of drug-likeness (QED) is 0.376. The minimum atomic E-state index is -4.53. The Bertz CT molecular complexity index is 1550. The molecule has 11 heteroatoms. The number of carbonyl (C=O) groups excluding carboxylic acids is 2. The minimum absolute atomic E-state index is 0.00876. The Morgan fingerprint density at radius 2 is 1.55 bits per heavy atom.